The maximum absolute atomic E-state index is 12.8. The van der Waals surface area contributed by atoms with Crippen molar-refractivity contribution >= 4 is 11.8 Å². The summed E-state index contributed by atoms with van der Waals surface area (Å²) in [6.07, 6.45) is -5.05. The minimum absolute atomic E-state index is 0.0875. The molecule has 1 heterocycles. The predicted octanol–water partition coefficient (Wildman–Crippen LogP) is 7.25. The molecule has 0 aliphatic rings. The Morgan fingerprint density at radius 3 is 1.83 bits per heavy atom. The van der Waals surface area contributed by atoms with Gasteiger partial charge in [0.25, 0.3) is 0 Å². The van der Waals surface area contributed by atoms with Crippen LogP contribution in [0.5, 0.6) is 0 Å². The van der Waals surface area contributed by atoms with Crippen LogP contribution in [0.15, 0.2) is 96.2 Å². The molecule has 3 aromatic carbocycles. The molecule has 0 spiro atoms. The maximum atomic E-state index is 12.8. The average molecular weight is 424 g/mol. The first-order chi connectivity index (χ1) is 14.5. The second kappa shape index (κ2) is 8.79. The van der Waals surface area contributed by atoms with Gasteiger partial charge in [-0.05, 0) is 12.1 Å². The molecular weight excluding hydrogens is 405 g/mol. The van der Waals surface area contributed by atoms with Gasteiger partial charge in [0.2, 0.25) is 0 Å². The minimum atomic E-state index is -4.19. The Balaban J connectivity index is 1.90. The first kappa shape index (κ1) is 20.3. The zero-order valence-electron chi connectivity index (χ0n) is 16.0. The molecule has 0 amide bonds. The van der Waals surface area contributed by atoms with E-state index in [1.165, 1.54) is 0 Å². The summed E-state index contributed by atoms with van der Waals surface area (Å²) < 4.78 is 40.2. The van der Waals surface area contributed by atoms with Crippen molar-refractivity contribution in [2.24, 2.45) is 0 Å². The lowest BCUT2D eigenvalue weighted by Gasteiger charge is -2.13. The fourth-order valence-corrected chi connectivity index (χ4v) is 4.23. The van der Waals surface area contributed by atoms with Crippen LogP contribution in [0.2, 0.25) is 0 Å². The first-order valence-electron chi connectivity index (χ1n) is 9.51. The van der Waals surface area contributed by atoms with E-state index in [1.807, 2.05) is 95.6 Å². The third kappa shape index (κ3) is 4.60. The van der Waals surface area contributed by atoms with Crippen LogP contribution in [0.25, 0.3) is 28.2 Å². The predicted molar refractivity (Wildman–Crippen MR) is 116 cm³/mol. The van der Waals surface area contributed by atoms with Crippen LogP contribution in [-0.4, -0.2) is 21.5 Å². The minimum Gasteiger partial charge on any atom is -0.287 e. The van der Waals surface area contributed by atoms with E-state index in [9.17, 15) is 13.2 Å². The molecule has 0 aliphatic carbocycles. The summed E-state index contributed by atoms with van der Waals surface area (Å²) in [5.41, 5.74) is 4.35. The summed E-state index contributed by atoms with van der Waals surface area (Å²) in [6.45, 7) is 0. The summed E-state index contributed by atoms with van der Waals surface area (Å²) in [6, 6.07) is 29.2. The lowest BCUT2D eigenvalue weighted by Crippen LogP contribution is -2.08. The van der Waals surface area contributed by atoms with Gasteiger partial charge in [-0.15, -0.1) is 0 Å². The molecule has 0 bridgehead atoms. The standard InChI is InChI=1S/C24H19F3N2S/c25-24(26,27)16-17-30-23-28-21(18-10-4-1-5-11-18)22(19-12-6-2-7-13-19)29(23)20-14-8-3-9-15-20/h1-15H,16-17H2. The molecule has 0 atom stereocenters. The van der Waals surface area contributed by atoms with Crippen LogP contribution in [0.3, 0.4) is 0 Å². The average Bonchev–Trinajstić information content (AvgIpc) is 3.14. The van der Waals surface area contributed by atoms with Crippen molar-refractivity contribution in [3.8, 4) is 28.2 Å². The van der Waals surface area contributed by atoms with Gasteiger partial charge in [0, 0.05) is 22.6 Å². The maximum Gasteiger partial charge on any atom is 0.389 e. The second-order valence-electron chi connectivity index (χ2n) is 6.71. The Morgan fingerprint density at radius 1 is 0.733 bits per heavy atom. The number of aromatic nitrogens is 2. The molecule has 0 unspecified atom stereocenters. The van der Waals surface area contributed by atoms with E-state index in [2.05, 4.69) is 0 Å². The Labute approximate surface area is 177 Å². The Kier molecular flexibility index (Phi) is 5.95. The highest BCUT2D eigenvalue weighted by Crippen LogP contribution is 2.38. The number of imidazole rings is 1. The number of para-hydroxylation sites is 1. The summed E-state index contributed by atoms with van der Waals surface area (Å²) in [5.74, 6) is -0.0875. The van der Waals surface area contributed by atoms with Crippen molar-refractivity contribution in [2.75, 3.05) is 5.75 Å². The van der Waals surface area contributed by atoms with Gasteiger partial charge in [-0.3, -0.25) is 4.57 Å². The van der Waals surface area contributed by atoms with Crippen LogP contribution < -0.4 is 0 Å². The van der Waals surface area contributed by atoms with E-state index < -0.39 is 12.6 Å². The van der Waals surface area contributed by atoms with Gasteiger partial charge in [0.15, 0.2) is 5.16 Å². The highest BCUT2D eigenvalue weighted by atomic mass is 32.2. The number of nitrogens with zero attached hydrogens (tertiary/aromatic N) is 2. The molecule has 0 saturated carbocycles. The second-order valence-corrected chi connectivity index (χ2v) is 7.77. The topological polar surface area (TPSA) is 17.8 Å². The van der Waals surface area contributed by atoms with Crippen molar-refractivity contribution in [1.29, 1.82) is 0 Å². The zero-order chi connectivity index (χ0) is 21.0. The van der Waals surface area contributed by atoms with E-state index in [1.54, 1.807) is 0 Å². The molecule has 0 fully saturated rings. The molecule has 1 aromatic heterocycles. The lowest BCUT2D eigenvalue weighted by atomic mass is 10.0. The van der Waals surface area contributed by atoms with Gasteiger partial charge < -0.3 is 0 Å². The molecule has 152 valence electrons. The number of hydrogen-bond donors (Lipinski definition) is 0. The molecular formula is C24H19F3N2S. The number of thioether (sulfide) groups is 1. The molecule has 4 aromatic rings. The molecule has 30 heavy (non-hydrogen) atoms. The summed E-state index contributed by atoms with van der Waals surface area (Å²) >= 11 is 1.12. The summed E-state index contributed by atoms with van der Waals surface area (Å²) in [7, 11) is 0. The fourth-order valence-electron chi connectivity index (χ4n) is 3.23. The lowest BCUT2D eigenvalue weighted by molar-refractivity contribution is -0.129. The number of alkyl halides is 3. The largest absolute Gasteiger partial charge is 0.389 e. The molecule has 0 radical (unpaired) electrons. The smallest absolute Gasteiger partial charge is 0.287 e. The van der Waals surface area contributed by atoms with Gasteiger partial charge in [0.05, 0.1) is 17.8 Å². The van der Waals surface area contributed by atoms with Crippen LogP contribution >= 0.6 is 11.8 Å². The van der Waals surface area contributed by atoms with Crippen molar-refractivity contribution < 1.29 is 13.2 Å². The van der Waals surface area contributed by atoms with Crippen molar-refractivity contribution in [3.63, 3.8) is 0 Å². The van der Waals surface area contributed by atoms with Crippen LogP contribution in [0.1, 0.15) is 6.42 Å². The van der Waals surface area contributed by atoms with E-state index in [0.717, 1.165) is 40.0 Å². The monoisotopic (exact) mass is 424 g/mol. The van der Waals surface area contributed by atoms with Gasteiger partial charge in [0.1, 0.15) is 0 Å². The van der Waals surface area contributed by atoms with Gasteiger partial charge >= 0.3 is 6.18 Å². The van der Waals surface area contributed by atoms with Crippen LogP contribution in [0, 0.1) is 0 Å². The van der Waals surface area contributed by atoms with E-state index in [0.29, 0.717) is 5.16 Å². The van der Waals surface area contributed by atoms with Crippen LogP contribution in [0.4, 0.5) is 13.2 Å². The zero-order valence-corrected chi connectivity index (χ0v) is 16.8. The molecule has 2 nitrogen and oxygen atoms in total. The Morgan fingerprint density at radius 2 is 1.27 bits per heavy atom. The van der Waals surface area contributed by atoms with E-state index in [-0.39, 0.29) is 5.75 Å². The summed E-state index contributed by atoms with van der Waals surface area (Å²) in [4.78, 5) is 4.81. The number of hydrogen-bond acceptors (Lipinski definition) is 2. The Hall–Kier alpha value is -2.99. The highest BCUT2D eigenvalue weighted by molar-refractivity contribution is 7.99. The molecule has 0 aliphatic heterocycles. The molecule has 4 rings (SSSR count). The van der Waals surface area contributed by atoms with Crippen LogP contribution in [-0.2, 0) is 0 Å². The quantitative estimate of drug-likeness (QED) is 0.303. The number of benzene rings is 3. The van der Waals surface area contributed by atoms with Crippen molar-refractivity contribution in [2.45, 2.75) is 17.8 Å². The van der Waals surface area contributed by atoms with Crippen molar-refractivity contribution in [1.82, 2.24) is 9.55 Å². The third-order valence-corrected chi connectivity index (χ3v) is 5.51. The number of halogens is 3. The molecule has 0 N–H and O–H groups in total. The van der Waals surface area contributed by atoms with Crippen molar-refractivity contribution in [3.05, 3.63) is 91.0 Å². The van der Waals surface area contributed by atoms with Gasteiger partial charge in [-0.25, -0.2) is 4.98 Å². The molecule has 6 heteroatoms. The highest BCUT2D eigenvalue weighted by Gasteiger charge is 2.28. The fraction of sp³-hybridized carbons (Fsp3) is 0.125. The third-order valence-electron chi connectivity index (χ3n) is 4.57. The first-order valence-corrected chi connectivity index (χ1v) is 10.5. The Bertz CT molecular complexity index is 1090. The van der Waals surface area contributed by atoms with Gasteiger partial charge in [-0.1, -0.05) is 90.6 Å². The summed E-state index contributed by atoms with van der Waals surface area (Å²) in [5, 5.41) is 0.545. The van der Waals surface area contributed by atoms with E-state index in [4.69, 9.17) is 4.98 Å². The van der Waals surface area contributed by atoms with Gasteiger partial charge in [-0.2, -0.15) is 13.2 Å². The van der Waals surface area contributed by atoms with E-state index >= 15 is 0 Å². The SMILES string of the molecule is FC(F)(F)CCSc1nc(-c2ccccc2)c(-c2ccccc2)n1-c1ccccc1. The normalized spacial score (nSPS) is 11.6. The molecule has 0 saturated heterocycles. The number of rotatable bonds is 6.